The predicted octanol–water partition coefficient (Wildman–Crippen LogP) is 2.92. The van der Waals surface area contributed by atoms with Gasteiger partial charge < -0.3 is 16.0 Å². The second kappa shape index (κ2) is 8.33. The fourth-order valence-corrected chi connectivity index (χ4v) is 2.66. The highest BCUT2D eigenvalue weighted by molar-refractivity contribution is 5.96. The SMILES string of the molecule is CCN(CC(=O)Nc1c(C)cccc1C)C(=O)Cc1ccc(N)cc1. The second-order valence-electron chi connectivity index (χ2n) is 6.14. The summed E-state index contributed by atoms with van der Waals surface area (Å²) in [5.74, 6) is -0.270. The zero-order valence-corrected chi connectivity index (χ0v) is 15.0. The number of nitrogens with two attached hydrogens (primary N) is 1. The number of likely N-dealkylation sites (N-methyl/N-ethyl adjacent to an activating group) is 1. The first-order valence-electron chi connectivity index (χ1n) is 8.39. The summed E-state index contributed by atoms with van der Waals surface area (Å²) in [5.41, 5.74) is 10.0. The van der Waals surface area contributed by atoms with Crippen LogP contribution in [0, 0.1) is 13.8 Å². The van der Waals surface area contributed by atoms with Crippen LogP contribution >= 0.6 is 0 Å². The molecule has 5 heteroatoms. The fraction of sp³-hybridized carbons (Fsp3) is 0.300. The largest absolute Gasteiger partial charge is 0.399 e. The minimum atomic E-state index is -0.190. The second-order valence-corrected chi connectivity index (χ2v) is 6.14. The van der Waals surface area contributed by atoms with E-state index in [0.717, 1.165) is 22.4 Å². The fourth-order valence-electron chi connectivity index (χ4n) is 2.66. The van der Waals surface area contributed by atoms with Gasteiger partial charge in [-0.15, -0.1) is 0 Å². The molecule has 0 aliphatic rings. The molecule has 0 saturated heterocycles. The molecule has 0 radical (unpaired) electrons. The van der Waals surface area contributed by atoms with Gasteiger partial charge in [-0.3, -0.25) is 9.59 Å². The van der Waals surface area contributed by atoms with E-state index in [4.69, 9.17) is 5.73 Å². The number of nitrogens with one attached hydrogen (secondary N) is 1. The summed E-state index contributed by atoms with van der Waals surface area (Å²) in [6.45, 7) is 6.29. The molecule has 0 saturated carbocycles. The van der Waals surface area contributed by atoms with Gasteiger partial charge in [0, 0.05) is 17.9 Å². The number of nitrogen functional groups attached to an aromatic ring is 1. The summed E-state index contributed by atoms with van der Waals surface area (Å²) < 4.78 is 0. The van der Waals surface area contributed by atoms with Gasteiger partial charge in [0.05, 0.1) is 13.0 Å². The van der Waals surface area contributed by atoms with Crippen molar-refractivity contribution in [2.24, 2.45) is 0 Å². The first kappa shape index (κ1) is 18.5. The first-order chi connectivity index (χ1) is 11.9. The maximum atomic E-state index is 12.5. The Kier molecular flexibility index (Phi) is 6.17. The lowest BCUT2D eigenvalue weighted by molar-refractivity contribution is -0.133. The molecular weight excluding hydrogens is 314 g/mol. The van der Waals surface area contributed by atoms with Crippen molar-refractivity contribution >= 4 is 23.2 Å². The molecule has 132 valence electrons. The first-order valence-corrected chi connectivity index (χ1v) is 8.39. The maximum Gasteiger partial charge on any atom is 0.244 e. The van der Waals surface area contributed by atoms with Crippen LogP contribution < -0.4 is 11.1 Å². The third-order valence-corrected chi connectivity index (χ3v) is 4.15. The van der Waals surface area contributed by atoms with E-state index in [0.29, 0.717) is 12.2 Å². The highest BCUT2D eigenvalue weighted by atomic mass is 16.2. The van der Waals surface area contributed by atoms with Gasteiger partial charge >= 0.3 is 0 Å². The van der Waals surface area contributed by atoms with Gasteiger partial charge in [-0.25, -0.2) is 0 Å². The average Bonchev–Trinajstić information content (AvgIpc) is 2.58. The van der Waals surface area contributed by atoms with Crippen LogP contribution in [0.15, 0.2) is 42.5 Å². The topological polar surface area (TPSA) is 75.4 Å². The molecule has 5 nitrogen and oxygen atoms in total. The number of aryl methyl sites for hydroxylation is 2. The molecule has 2 aromatic carbocycles. The molecular formula is C20H25N3O2. The van der Waals surface area contributed by atoms with Gasteiger partial charge in [-0.1, -0.05) is 30.3 Å². The predicted molar refractivity (Wildman–Crippen MR) is 101 cm³/mol. The molecule has 25 heavy (non-hydrogen) atoms. The Hall–Kier alpha value is -2.82. The summed E-state index contributed by atoms with van der Waals surface area (Å²) >= 11 is 0. The van der Waals surface area contributed by atoms with Crippen molar-refractivity contribution in [3.63, 3.8) is 0 Å². The third kappa shape index (κ3) is 5.08. The van der Waals surface area contributed by atoms with Crippen LogP contribution in [-0.2, 0) is 16.0 Å². The summed E-state index contributed by atoms with van der Waals surface area (Å²) in [7, 11) is 0. The summed E-state index contributed by atoms with van der Waals surface area (Å²) in [4.78, 5) is 26.4. The van der Waals surface area contributed by atoms with Crippen LogP contribution in [0.4, 0.5) is 11.4 Å². The summed E-state index contributed by atoms with van der Waals surface area (Å²) in [6.07, 6.45) is 0.255. The van der Waals surface area contributed by atoms with Gasteiger partial charge in [0.15, 0.2) is 0 Å². The number of rotatable bonds is 6. The van der Waals surface area contributed by atoms with E-state index in [9.17, 15) is 9.59 Å². The lowest BCUT2D eigenvalue weighted by atomic mass is 10.1. The van der Waals surface area contributed by atoms with E-state index >= 15 is 0 Å². The molecule has 2 rings (SSSR count). The quantitative estimate of drug-likeness (QED) is 0.795. The van der Waals surface area contributed by atoms with Crippen molar-refractivity contribution < 1.29 is 9.59 Å². The van der Waals surface area contributed by atoms with E-state index in [1.807, 2.05) is 51.1 Å². The third-order valence-electron chi connectivity index (χ3n) is 4.15. The number of nitrogens with zero attached hydrogens (tertiary/aromatic N) is 1. The zero-order valence-electron chi connectivity index (χ0n) is 15.0. The van der Waals surface area contributed by atoms with Gasteiger partial charge in [0.1, 0.15) is 0 Å². The minimum Gasteiger partial charge on any atom is -0.399 e. The van der Waals surface area contributed by atoms with E-state index < -0.39 is 0 Å². The van der Waals surface area contributed by atoms with Crippen molar-refractivity contribution in [1.82, 2.24) is 4.90 Å². The number of para-hydroxylation sites is 1. The maximum absolute atomic E-state index is 12.5. The van der Waals surface area contributed by atoms with Crippen LogP contribution in [0.3, 0.4) is 0 Å². The number of anilines is 2. The van der Waals surface area contributed by atoms with Crippen LogP contribution in [0.2, 0.25) is 0 Å². The van der Waals surface area contributed by atoms with Gasteiger partial charge in [-0.2, -0.15) is 0 Å². The number of amides is 2. The van der Waals surface area contributed by atoms with Crippen molar-refractivity contribution in [2.45, 2.75) is 27.2 Å². The molecule has 0 spiro atoms. The summed E-state index contributed by atoms with van der Waals surface area (Å²) in [6, 6.07) is 13.1. The lowest BCUT2D eigenvalue weighted by Crippen LogP contribution is -2.38. The van der Waals surface area contributed by atoms with Crippen molar-refractivity contribution in [3.8, 4) is 0 Å². The van der Waals surface area contributed by atoms with Crippen molar-refractivity contribution in [2.75, 3.05) is 24.1 Å². The molecule has 0 bridgehead atoms. The average molecular weight is 339 g/mol. The van der Waals surface area contributed by atoms with Crippen LogP contribution in [0.1, 0.15) is 23.6 Å². The molecule has 0 heterocycles. The normalized spacial score (nSPS) is 10.4. The van der Waals surface area contributed by atoms with Gasteiger partial charge in [0.2, 0.25) is 11.8 Å². The molecule has 0 unspecified atom stereocenters. The van der Waals surface area contributed by atoms with Crippen LogP contribution in [-0.4, -0.2) is 29.8 Å². The molecule has 0 aromatic heterocycles. The van der Waals surface area contributed by atoms with E-state index in [1.165, 1.54) is 0 Å². The monoisotopic (exact) mass is 339 g/mol. The number of hydrogen-bond donors (Lipinski definition) is 2. The number of carbonyl (C=O) groups excluding carboxylic acids is 2. The van der Waals surface area contributed by atoms with Gasteiger partial charge in [-0.05, 0) is 49.6 Å². The Labute approximate surface area is 148 Å². The number of hydrogen-bond acceptors (Lipinski definition) is 3. The highest BCUT2D eigenvalue weighted by Crippen LogP contribution is 2.19. The molecule has 0 aliphatic heterocycles. The van der Waals surface area contributed by atoms with Crippen molar-refractivity contribution in [1.29, 1.82) is 0 Å². The molecule has 0 fully saturated rings. The Morgan fingerprint density at radius 3 is 2.20 bits per heavy atom. The van der Waals surface area contributed by atoms with E-state index in [1.54, 1.807) is 17.0 Å². The Balaban J connectivity index is 1.99. The number of benzene rings is 2. The number of carbonyl (C=O) groups is 2. The molecule has 0 atom stereocenters. The molecule has 0 aliphatic carbocycles. The lowest BCUT2D eigenvalue weighted by Gasteiger charge is -2.21. The van der Waals surface area contributed by atoms with E-state index in [2.05, 4.69) is 5.32 Å². The van der Waals surface area contributed by atoms with Crippen LogP contribution in [0.25, 0.3) is 0 Å². The van der Waals surface area contributed by atoms with Gasteiger partial charge in [0.25, 0.3) is 0 Å². The minimum absolute atomic E-state index is 0.0398. The summed E-state index contributed by atoms with van der Waals surface area (Å²) in [5, 5.41) is 2.92. The molecule has 2 amide bonds. The Morgan fingerprint density at radius 1 is 1.04 bits per heavy atom. The zero-order chi connectivity index (χ0) is 18.4. The Morgan fingerprint density at radius 2 is 1.64 bits per heavy atom. The van der Waals surface area contributed by atoms with Crippen LogP contribution in [0.5, 0.6) is 0 Å². The molecule has 3 N–H and O–H groups in total. The standard InChI is InChI=1S/C20H25N3O2/c1-4-23(19(25)12-16-8-10-17(21)11-9-16)13-18(24)22-20-14(2)6-5-7-15(20)3/h5-11H,4,12-13,21H2,1-3H3,(H,22,24). The smallest absolute Gasteiger partial charge is 0.244 e. The van der Waals surface area contributed by atoms with E-state index in [-0.39, 0.29) is 24.8 Å². The molecule has 2 aromatic rings. The Bertz CT molecular complexity index is 734. The highest BCUT2D eigenvalue weighted by Gasteiger charge is 2.17. The van der Waals surface area contributed by atoms with Crippen molar-refractivity contribution in [3.05, 3.63) is 59.2 Å².